The molecule has 1 aromatic heterocycles. The van der Waals surface area contributed by atoms with Gasteiger partial charge in [0.05, 0.1) is 12.5 Å². The minimum Gasteiger partial charge on any atom is -0.446 e. The molecule has 0 aliphatic heterocycles. The number of rotatable bonds is 8. The molecule has 0 saturated heterocycles. The molecule has 0 fully saturated rings. The molecule has 2 rings (SSSR count). The van der Waals surface area contributed by atoms with E-state index in [4.69, 9.17) is 4.42 Å². The molecule has 27 heavy (non-hydrogen) atoms. The summed E-state index contributed by atoms with van der Waals surface area (Å²) in [5, 5.41) is 2.78. The van der Waals surface area contributed by atoms with Gasteiger partial charge in [-0.05, 0) is 39.7 Å². The summed E-state index contributed by atoms with van der Waals surface area (Å²) >= 11 is 0. The van der Waals surface area contributed by atoms with Crippen molar-refractivity contribution in [2.24, 2.45) is 0 Å². The van der Waals surface area contributed by atoms with Crippen LogP contribution in [0.15, 0.2) is 41.0 Å². The fraction of sp³-hybridized carbons (Fsp3) is 0.476. The first-order valence-electron chi connectivity index (χ1n) is 9.44. The lowest BCUT2D eigenvalue weighted by molar-refractivity contribution is -0.135. The summed E-state index contributed by atoms with van der Waals surface area (Å²) in [5.74, 6) is -0.107. The van der Waals surface area contributed by atoms with Crippen LogP contribution < -0.4 is 5.32 Å². The van der Waals surface area contributed by atoms with Gasteiger partial charge in [-0.1, -0.05) is 37.3 Å². The monoisotopic (exact) mass is 371 g/mol. The molecule has 1 aromatic carbocycles. The highest BCUT2D eigenvalue weighted by Gasteiger charge is 2.27. The molecule has 0 radical (unpaired) electrons. The molecule has 1 N–H and O–H groups in total. The van der Waals surface area contributed by atoms with E-state index in [1.807, 2.05) is 65.0 Å². The normalized spacial score (nSPS) is 12.3. The lowest BCUT2D eigenvalue weighted by Crippen LogP contribution is -2.39. The third-order valence-corrected chi connectivity index (χ3v) is 4.32. The summed E-state index contributed by atoms with van der Waals surface area (Å²) < 4.78 is 5.45. The van der Waals surface area contributed by atoms with Crippen LogP contribution in [0.1, 0.15) is 68.9 Å². The van der Waals surface area contributed by atoms with Gasteiger partial charge in [0.15, 0.2) is 5.69 Å². The molecule has 1 heterocycles. The van der Waals surface area contributed by atoms with Crippen LogP contribution in [0, 0.1) is 0 Å². The van der Waals surface area contributed by atoms with Gasteiger partial charge in [-0.3, -0.25) is 9.59 Å². The first-order chi connectivity index (χ1) is 12.8. The van der Waals surface area contributed by atoms with E-state index in [2.05, 4.69) is 10.3 Å². The number of carbonyl (C=O) groups excluding carboxylic acids is 2. The number of nitrogens with zero attached hydrogens (tertiary/aromatic N) is 2. The molecule has 0 aliphatic rings. The smallest absolute Gasteiger partial charge is 0.273 e. The van der Waals surface area contributed by atoms with Crippen molar-refractivity contribution in [1.82, 2.24) is 15.2 Å². The van der Waals surface area contributed by atoms with Crippen molar-refractivity contribution in [2.75, 3.05) is 0 Å². The summed E-state index contributed by atoms with van der Waals surface area (Å²) in [6, 6.07) is 9.78. The summed E-state index contributed by atoms with van der Waals surface area (Å²) in [6.07, 6.45) is 2.05. The Balaban J connectivity index is 2.17. The van der Waals surface area contributed by atoms with E-state index < -0.39 is 0 Å². The van der Waals surface area contributed by atoms with E-state index in [1.165, 1.54) is 6.26 Å². The van der Waals surface area contributed by atoms with Gasteiger partial charge in [0.2, 0.25) is 11.8 Å². The third-order valence-electron chi connectivity index (χ3n) is 4.32. The maximum Gasteiger partial charge on any atom is 0.273 e. The highest BCUT2D eigenvalue weighted by atomic mass is 16.3. The highest BCUT2D eigenvalue weighted by Crippen LogP contribution is 2.24. The zero-order valence-corrected chi connectivity index (χ0v) is 16.7. The van der Waals surface area contributed by atoms with E-state index in [0.717, 1.165) is 5.56 Å². The summed E-state index contributed by atoms with van der Waals surface area (Å²) in [7, 11) is 0. The molecular weight excluding hydrogens is 342 g/mol. The Labute approximate surface area is 161 Å². The molecule has 1 unspecified atom stereocenters. The Bertz CT molecular complexity index is 753. The van der Waals surface area contributed by atoms with E-state index in [-0.39, 0.29) is 42.1 Å². The number of amides is 2. The first kappa shape index (κ1) is 20.7. The minimum absolute atomic E-state index is 0.0163. The van der Waals surface area contributed by atoms with Gasteiger partial charge in [-0.15, -0.1) is 0 Å². The second-order valence-corrected chi connectivity index (χ2v) is 7.19. The van der Waals surface area contributed by atoms with Gasteiger partial charge in [0, 0.05) is 12.1 Å². The van der Waals surface area contributed by atoms with Crippen LogP contribution in [0.5, 0.6) is 0 Å². The number of carbonyl (C=O) groups is 2. The van der Waals surface area contributed by atoms with Crippen LogP contribution in [-0.2, 0) is 11.3 Å². The maximum absolute atomic E-state index is 13.2. The Morgan fingerprint density at radius 3 is 2.37 bits per heavy atom. The van der Waals surface area contributed by atoms with Crippen molar-refractivity contribution in [1.29, 1.82) is 0 Å². The fourth-order valence-corrected chi connectivity index (χ4v) is 2.92. The maximum atomic E-state index is 13.2. The molecule has 0 spiro atoms. The molecule has 6 nitrogen and oxygen atoms in total. The predicted octanol–water partition coefficient (Wildman–Crippen LogP) is 3.74. The molecule has 2 aromatic rings. The quantitative estimate of drug-likeness (QED) is 0.767. The summed E-state index contributed by atoms with van der Waals surface area (Å²) in [6.45, 7) is 9.93. The van der Waals surface area contributed by atoms with Gasteiger partial charge in [-0.25, -0.2) is 4.98 Å². The van der Waals surface area contributed by atoms with Gasteiger partial charge in [-0.2, -0.15) is 0 Å². The topological polar surface area (TPSA) is 75.4 Å². The van der Waals surface area contributed by atoms with Gasteiger partial charge in [0.25, 0.3) is 5.91 Å². The standard InChI is InChI=1S/C21H29N3O3/c1-6-17(16-10-8-7-9-11-16)21(26)24(15(4)5)12-19-23-18(13-27-19)20(25)22-14(2)3/h7-11,13-15,17H,6,12H2,1-5H3,(H,22,25). The lowest BCUT2D eigenvalue weighted by atomic mass is 9.94. The van der Waals surface area contributed by atoms with Crippen LogP contribution >= 0.6 is 0 Å². The molecule has 0 saturated carbocycles. The average Bonchev–Trinajstić information content (AvgIpc) is 3.09. The number of hydrogen-bond acceptors (Lipinski definition) is 4. The van der Waals surface area contributed by atoms with E-state index in [1.54, 1.807) is 4.90 Å². The third kappa shape index (κ3) is 5.42. The molecule has 0 aliphatic carbocycles. The van der Waals surface area contributed by atoms with Crippen molar-refractivity contribution in [2.45, 2.75) is 65.6 Å². The number of aromatic nitrogens is 1. The van der Waals surface area contributed by atoms with Gasteiger partial charge >= 0.3 is 0 Å². The largest absolute Gasteiger partial charge is 0.446 e. The second kappa shape index (κ2) is 9.35. The van der Waals surface area contributed by atoms with E-state index >= 15 is 0 Å². The van der Waals surface area contributed by atoms with Crippen molar-refractivity contribution in [3.05, 3.63) is 53.7 Å². The fourth-order valence-electron chi connectivity index (χ4n) is 2.92. The Morgan fingerprint density at radius 1 is 1.15 bits per heavy atom. The minimum atomic E-state index is -0.279. The Hall–Kier alpha value is -2.63. The Morgan fingerprint density at radius 2 is 1.81 bits per heavy atom. The van der Waals surface area contributed by atoms with Crippen LogP contribution in [0.2, 0.25) is 0 Å². The Kier molecular flexibility index (Phi) is 7.16. The molecule has 0 bridgehead atoms. The number of oxazole rings is 1. The molecule has 6 heteroatoms. The van der Waals surface area contributed by atoms with Crippen molar-refractivity contribution in [3.8, 4) is 0 Å². The summed E-state index contributed by atoms with van der Waals surface area (Å²) in [5.41, 5.74) is 1.23. The van der Waals surface area contributed by atoms with Crippen LogP contribution in [-0.4, -0.2) is 33.8 Å². The van der Waals surface area contributed by atoms with Crippen LogP contribution in [0.3, 0.4) is 0 Å². The zero-order chi connectivity index (χ0) is 20.0. The average molecular weight is 371 g/mol. The lowest BCUT2D eigenvalue weighted by Gasteiger charge is -2.29. The molecule has 1 atom stereocenters. The van der Waals surface area contributed by atoms with Crippen molar-refractivity contribution < 1.29 is 14.0 Å². The van der Waals surface area contributed by atoms with Gasteiger partial charge < -0.3 is 14.6 Å². The second-order valence-electron chi connectivity index (χ2n) is 7.19. The SMILES string of the molecule is CCC(C(=O)N(Cc1nc(C(=O)NC(C)C)co1)C(C)C)c1ccccc1. The van der Waals surface area contributed by atoms with Gasteiger partial charge in [0.1, 0.15) is 6.26 Å². The number of hydrogen-bond donors (Lipinski definition) is 1. The first-order valence-corrected chi connectivity index (χ1v) is 9.44. The van der Waals surface area contributed by atoms with E-state index in [0.29, 0.717) is 12.3 Å². The van der Waals surface area contributed by atoms with Crippen molar-refractivity contribution in [3.63, 3.8) is 0 Å². The molecular formula is C21H29N3O3. The zero-order valence-electron chi connectivity index (χ0n) is 16.7. The van der Waals surface area contributed by atoms with Crippen molar-refractivity contribution >= 4 is 11.8 Å². The molecule has 146 valence electrons. The highest BCUT2D eigenvalue weighted by molar-refractivity contribution is 5.92. The van der Waals surface area contributed by atoms with E-state index in [9.17, 15) is 9.59 Å². The van der Waals surface area contributed by atoms with Crippen LogP contribution in [0.4, 0.5) is 0 Å². The molecule has 2 amide bonds. The number of nitrogens with one attached hydrogen (secondary N) is 1. The number of benzene rings is 1. The van der Waals surface area contributed by atoms with Crippen LogP contribution in [0.25, 0.3) is 0 Å². The predicted molar refractivity (Wildman–Crippen MR) is 104 cm³/mol. The summed E-state index contributed by atoms with van der Waals surface area (Å²) in [4.78, 5) is 31.2.